The monoisotopic (exact) mass is 122 g/mol. The lowest BCUT2D eigenvalue weighted by Crippen LogP contribution is -1.21. The first-order valence-electron chi connectivity index (χ1n) is 2.36. The summed E-state index contributed by atoms with van der Waals surface area (Å²) < 4.78 is 0. The van der Waals surface area contributed by atoms with Gasteiger partial charge >= 0.3 is 0 Å². The Hall–Kier alpha value is -1.26. The van der Waals surface area contributed by atoms with Gasteiger partial charge in [0, 0.05) is 0 Å². The molecule has 0 heterocycles. The van der Waals surface area contributed by atoms with E-state index in [9.17, 15) is 0 Å². The highest BCUT2D eigenvalue weighted by Gasteiger charge is 1.29. The van der Waals surface area contributed by atoms with Crippen LogP contribution in [-0.4, -0.2) is 0 Å². The van der Waals surface area contributed by atoms with Crippen LogP contribution in [0.1, 0.15) is 0 Å². The van der Waals surface area contributed by atoms with E-state index in [1.165, 1.54) is 0 Å². The second-order valence-electron chi connectivity index (χ2n) is 0.721. The van der Waals surface area contributed by atoms with Crippen LogP contribution in [0.4, 0.5) is 0 Å². The number of rotatable bonds is 1. The van der Waals surface area contributed by atoms with E-state index >= 15 is 0 Å². The Bertz CT molecular complexity index is 76.2. The van der Waals surface area contributed by atoms with Crippen LogP contribution in [0.2, 0.25) is 0 Å². The van der Waals surface area contributed by atoms with Crippen LogP contribution in [0, 0.1) is 0 Å². The molecule has 0 rings (SSSR count). The first kappa shape index (κ1) is 15.6. The highest BCUT2D eigenvalue weighted by Crippen LogP contribution is 1.52. The Labute approximate surface area is 58.2 Å². The van der Waals surface area contributed by atoms with Crippen molar-refractivity contribution in [3.8, 4) is 0 Å². The van der Waals surface area contributed by atoms with E-state index in [4.69, 9.17) is 0 Å². The highest BCUT2D eigenvalue weighted by atomic mass is 13.4. The molecule has 0 aromatic carbocycles. The molecule has 0 spiro atoms. The number of hydrogen-bond acceptors (Lipinski definition) is 0. The van der Waals surface area contributed by atoms with Crippen molar-refractivity contribution in [2.24, 2.45) is 0 Å². The van der Waals surface area contributed by atoms with Gasteiger partial charge in [-0.05, 0) is 0 Å². The molecule has 0 saturated carbocycles. The Morgan fingerprint density at radius 3 is 1.00 bits per heavy atom. The quantitative estimate of drug-likeness (QED) is 0.285. The molecular formula is C9H14. The number of hydrogen-bond donors (Lipinski definition) is 0. The van der Waals surface area contributed by atoms with E-state index in [-0.39, 0.29) is 0 Å². The highest BCUT2D eigenvalue weighted by molar-refractivity contribution is 4.88. The molecule has 0 saturated heterocycles. The second-order valence-corrected chi connectivity index (χ2v) is 0.721. The molecular weight excluding hydrogens is 108 g/mol. The Morgan fingerprint density at radius 2 is 1.00 bits per heavy atom. The van der Waals surface area contributed by atoms with E-state index in [2.05, 4.69) is 45.2 Å². The maximum atomic E-state index is 3.36. The third-order valence-electron chi connectivity index (χ3n) is 0.167. The van der Waals surface area contributed by atoms with E-state index in [0.29, 0.717) is 0 Å². The van der Waals surface area contributed by atoms with Crippen LogP contribution < -0.4 is 0 Å². The van der Waals surface area contributed by atoms with Gasteiger partial charge in [0.2, 0.25) is 0 Å². The van der Waals surface area contributed by atoms with Gasteiger partial charge in [0.15, 0.2) is 0 Å². The summed E-state index contributed by atoms with van der Waals surface area (Å²) in [6, 6.07) is 0. The Kier molecular flexibility index (Phi) is 128. The smallest absolute Gasteiger partial charge is 0.0572 e. The van der Waals surface area contributed by atoms with Crippen molar-refractivity contribution < 1.29 is 0 Å². The van der Waals surface area contributed by atoms with Crippen LogP contribution in [-0.2, 0) is 0 Å². The zero-order valence-corrected chi connectivity index (χ0v) is 5.90. The summed E-state index contributed by atoms with van der Waals surface area (Å²) in [4.78, 5) is 0. The van der Waals surface area contributed by atoms with Crippen molar-refractivity contribution in [2.75, 3.05) is 0 Å². The predicted molar refractivity (Wildman–Crippen MR) is 46.4 cm³/mol. The van der Waals surface area contributed by atoms with Crippen LogP contribution in [0.15, 0.2) is 57.4 Å². The Morgan fingerprint density at radius 1 is 0.889 bits per heavy atom. The third kappa shape index (κ3) is 2240. The summed E-state index contributed by atoms with van der Waals surface area (Å²) in [6.07, 6.45) is 3.28. The molecule has 0 aromatic rings. The van der Waals surface area contributed by atoms with Crippen molar-refractivity contribution in [1.82, 2.24) is 0 Å². The van der Waals surface area contributed by atoms with E-state index < -0.39 is 0 Å². The van der Waals surface area contributed by atoms with Gasteiger partial charge in [-0.2, -0.15) is 0 Å². The largest absolute Gasteiger partial charge is 0.137 e. The Balaban J connectivity index is -0.0000000646. The molecule has 0 nitrogen and oxygen atoms in total. The van der Waals surface area contributed by atoms with Crippen LogP contribution in [0.5, 0.6) is 0 Å². The molecule has 0 aromatic heterocycles. The molecule has 50 valence electrons. The van der Waals surface area contributed by atoms with Crippen LogP contribution >= 0.6 is 0 Å². The molecule has 0 atom stereocenters. The van der Waals surface area contributed by atoms with E-state index in [1.54, 1.807) is 12.2 Å². The summed E-state index contributed by atoms with van der Waals surface area (Å²) in [6.45, 7) is 19.0. The van der Waals surface area contributed by atoms with Crippen molar-refractivity contribution in [1.29, 1.82) is 0 Å². The minimum Gasteiger partial charge on any atom is -0.137 e. The second kappa shape index (κ2) is 73.3. The summed E-state index contributed by atoms with van der Waals surface area (Å²) in [5.41, 5.74) is 2.25. The molecule has 0 heteroatoms. The molecule has 9 heavy (non-hydrogen) atoms. The number of allylic oxidation sites excluding steroid dienone is 2. The fraction of sp³-hybridized carbons (Fsp3) is 0. The first-order valence-corrected chi connectivity index (χ1v) is 2.36. The maximum absolute atomic E-state index is 3.36. The minimum absolute atomic E-state index is 1.64. The molecule has 0 amide bonds. The summed E-state index contributed by atoms with van der Waals surface area (Å²) in [7, 11) is 0. The lowest BCUT2D eigenvalue weighted by molar-refractivity contribution is 2.15. The minimum atomic E-state index is 1.64. The summed E-state index contributed by atoms with van der Waals surface area (Å²) in [5.74, 6) is 0. The summed E-state index contributed by atoms with van der Waals surface area (Å²) >= 11 is 0. The average molecular weight is 122 g/mol. The fourth-order valence-electron chi connectivity index (χ4n) is 0. The van der Waals surface area contributed by atoms with Gasteiger partial charge in [-0.1, -0.05) is 38.5 Å². The van der Waals surface area contributed by atoms with E-state index in [0.717, 1.165) is 0 Å². The zero-order chi connectivity index (χ0) is 8.12. The molecule has 0 aliphatic carbocycles. The van der Waals surface area contributed by atoms with Gasteiger partial charge in [0.05, 0.1) is 0 Å². The molecule has 0 fully saturated rings. The third-order valence-corrected chi connectivity index (χ3v) is 0.167. The van der Waals surface area contributed by atoms with Gasteiger partial charge in [-0.15, -0.1) is 18.9 Å². The lowest BCUT2D eigenvalue weighted by atomic mass is 10.6. The van der Waals surface area contributed by atoms with Gasteiger partial charge < -0.3 is 0 Å². The van der Waals surface area contributed by atoms with Gasteiger partial charge in [0.1, 0.15) is 0 Å². The van der Waals surface area contributed by atoms with Gasteiger partial charge in [-0.3, -0.25) is 0 Å². The molecule has 0 aliphatic rings. The van der Waals surface area contributed by atoms with Crippen LogP contribution in [0.3, 0.4) is 0 Å². The standard InChI is InChI=1S/C4H6.C3H4.C2H4/c1-3-4-2;1-3-2;1-2/h3-4H,1-2H2;1-2H2;1-2H2. The molecule has 0 radical (unpaired) electrons. The van der Waals surface area contributed by atoms with Crippen molar-refractivity contribution >= 4 is 0 Å². The van der Waals surface area contributed by atoms with Crippen LogP contribution in [0.25, 0.3) is 0 Å². The first-order chi connectivity index (χ1) is 4.33. The molecule has 0 unspecified atom stereocenters. The van der Waals surface area contributed by atoms with Crippen molar-refractivity contribution in [3.63, 3.8) is 0 Å². The van der Waals surface area contributed by atoms with Crippen molar-refractivity contribution in [3.05, 3.63) is 57.4 Å². The topological polar surface area (TPSA) is 0 Å². The van der Waals surface area contributed by atoms with Gasteiger partial charge in [-0.25, -0.2) is 0 Å². The van der Waals surface area contributed by atoms with E-state index in [1.807, 2.05) is 0 Å². The average Bonchev–Trinajstić information content (AvgIpc) is 1.94. The predicted octanol–water partition coefficient (Wildman–Crippen LogP) is 3.12. The zero-order valence-electron chi connectivity index (χ0n) is 5.90. The maximum Gasteiger partial charge on any atom is -0.0572 e. The summed E-state index contributed by atoms with van der Waals surface area (Å²) in [5, 5.41) is 0. The fourth-order valence-corrected chi connectivity index (χ4v) is 0. The normalized spacial score (nSPS) is 3.56. The lowest BCUT2D eigenvalue weighted by Gasteiger charge is -1.44. The van der Waals surface area contributed by atoms with Crippen molar-refractivity contribution in [2.45, 2.75) is 0 Å². The SMILES string of the molecule is C=C.C=C=C.C=CC=C. The molecule has 0 aliphatic heterocycles. The molecule has 0 bridgehead atoms. The van der Waals surface area contributed by atoms with Gasteiger partial charge in [0.25, 0.3) is 0 Å². The molecule has 0 N–H and O–H groups in total.